The predicted molar refractivity (Wildman–Crippen MR) is 116 cm³/mol. The van der Waals surface area contributed by atoms with Gasteiger partial charge in [-0.1, -0.05) is 23.8 Å². The number of nitrogens with one attached hydrogen (secondary N) is 1. The molecule has 0 radical (unpaired) electrons. The standard InChI is InChI=1S/C22H29N3O3S/c1-16-5-8-21(19(4)13-16)23-22(26)15-24-9-11-25(12-10-24)29(27,28)20-7-6-17(2)18(3)14-20/h5-8,13-14H,9-12,15H2,1-4H3,(H,23,26). The van der Waals surface area contributed by atoms with Crippen molar-refractivity contribution in [1.82, 2.24) is 9.21 Å². The van der Waals surface area contributed by atoms with Crippen LogP contribution < -0.4 is 5.32 Å². The Bertz CT molecular complexity index is 1010. The fraction of sp³-hybridized carbons (Fsp3) is 0.409. The fourth-order valence-electron chi connectivity index (χ4n) is 3.50. The Hall–Kier alpha value is -2.22. The number of benzene rings is 2. The summed E-state index contributed by atoms with van der Waals surface area (Å²) < 4.78 is 27.3. The van der Waals surface area contributed by atoms with E-state index >= 15 is 0 Å². The summed E-state index contributed by atoms with van der Waals surface area (Å²) in [6, 6.07) is 11.2. The van der Waals surface area contributed by atoms with E-state index in [1.807, 2.05) is 56.9 Å². The molecule has 1 saturated heterocycles. The van der Waals surface area contributed by atoms with Gasteiger partial charge in [-0.25, -0.2) is 8.42 Å². The largest absolute Gasteiger partial charge is 0.325 e. The third kappa shape index (κ3) is 5.04. The Morgan fingerprint density at radius 3 is 2.21 bits per heavy atom. The number of hydrogen-bond acceptors (Lipinski definition) is 4. The molecule has 1 aliphatic rings. The van der Waals surface area contributed by atoms with Gasteiger partial charge in [0.05, 0.1) is 11.4 Å². The monoisotopic (exact) mass is 415 g/mol. The molecule has 7 heteroatoms. The number of carbonyl (C=O) groups excluding carboxylic acids is 1. The smallest absolute Gasteiger partial charge is 0.243 e. The molecular weight excluding hydrogens is 386 g/mol. The van der Waals surface area contributed by atoms with Gasteiger partial charge in [-0.2, -0.15) is 4.31 Å². The van der Waals surface area contributed by atoms with Crippen molar-refractivity contribution in [3.63, 3.8) is 0 Å². The highest BCUT2D eigenvalue weighted by Gasteiger charge is 2.29. The first-order chi connectivity index (χ1) is 13.7. The van der Waals surface area contributed by atoms with Crippen LogP contribution in [0.1, 0.15) is 22.3 Å². The molecule has 1 fully saturated rings. The SMILES string of the molecule is Cc1ccc(NC(=O)CN2CCN(S(=O)(=O)c3ccc(C)c(C)c3)CC2)c(C)c1. The molecule has 0 saturated carbocycles. The van der Waals surface area contributed by atoms with Gasteiger partial charge in [-0.05, 0) is 62.6 Å². The van der Waals surface area contributed by atoms with Crippen LogP contribution in [0.2, 0.25) is 0 Å². The van der Waals surface area contributed by atoms with Crippen LogP contribution in [0.15, 0.2) is 41.3 Å². The highest BCUT2D eigenvalue weighted by atomic mass is 32.2. The van der Waals surface area contributed by atoms with Gasteiger partial charge >= 0.3 is 0 Å². The second-order valence-electron chi connectivity index (χ2n) is 7.79. The van der Waals surface area contributed by atoms with Crippen LogP contribution in [0.25, 0.3) is 0 Å². The molecule has 6 nitrogen and oxygen atoms in total. The second-order valence-corrected chi connectivity index (χ2v) is 9.73. The van der Waals surface area contributed by atoms with Crippen LogP contribution >= 0.6 is 0 Å². The van der Waals surface area contributed by atoms with Crippen molar-refractivity contribution in [2.75, 3.05) is 38.0 Å². The predicted octanol–water partition coefficient (Wildman–Crippen LogP) is 2.87. The molecule has 29 heavy (non-hydrogen) atoms. The van der Waals surface area contributed by atoms with Crippen LogP contribution in [0.4, 0.5) is 5.69 Å². The first kappa shape index (κ1) is 21.5. The van der Waals surface area contributed by atoms with Crippen LogP contribution in [0.3, 0.4) is 0 Å². The number of anilines is 1. The zero-order valence-electron chi connectivity index (χ0n) is 17.5. The first-order valence-corrected chi connectivity index (χ1v) is 11.3. The molecule has 156 valence electrons. The van der Waals surface area contributed by atoms with E-state index in [0.717, 1.165) is 27.9 Å². The van der Waals surface area contributed by atoms with E-state index in [9.17, 15) is 13.2 Å². The maximum absolute atomic E-state index is 12.9. The third-order valence-corrected chi connectivity index (χ3v) is 7.37. The quantitative estimate of drug-likeness (QED) is 0.815. The topological polar surface area (TPSA) is 69.7 Å². The zero-order chi connectivity index (χ0) is 21.2. The first-order valence-electron chi connectivity index (χ1n) is 9.83. The Balaban J connectivity index is 1.57. The Labute approximate surface area is 173 Å². The average molecular weight is 416 g/mol. The summed E-state index contributed by atoms with van der Waals surface area (Å²) in [4.78, 5) is 14.7. The number of hydrogen-bond donors (Lipinski definition) is 1. The van der Waals surface area contributed by atoms with E-state index in [4.69, 9.17) is 0 Å². The van der Waals surface area contributed by atoms with Crippen LogP contribution in [-0.2, 0) is 14.8 Å². The van der Waals surface area contributed by atoms with Crippen molar-refractivity contribution < 1.29 is 13.2 Å². The zero-order valence-corrected chi connectivity index (χ0v) is 18.3. The fourth-order valence-corrected chi connectivity index (χ4v) is 5.01. The van der Waals surface area contributed by atoms with Crippen LogP contribution in [0.5, 0.6) is 0 Å². The number of amides is 1. The lowest BCUT2D eigenvalue weighted by Gasteiger charge is -2.33. The van der Waals surface area contributed by atoms with Crippen LogP contribution in [0, 0.1) is 27.7 Å². The van der Waals surface area contributed by atoms with Gasteiger partial charge in [0.2, 0.25) is 15.9 Å². The van der Waals surface area contributed by atoms with Crippen molar-refractivity contribution in [1.29, 1.82) is 0 Å². The molecule has 1 N–H and O–H groups in total. The summed E-state index contributed by atoms with van der Waals surface area (Å²) in [7, 11) is -3.51. The molecule has 1 amide bonds. The number of sulfonamides is 1. The van der Waals surface area contributed by atoms with Gasteiger partial charge in [0.1, 0.15) is 0 Å². The minimum absolute atomic E-state index is 0.0811. The van der Waals surface area contributed by atoms with Gasteiger partial charge in [-0.3, -0.25) is 9.69 Å². The molecule has 1 aliphatic heterocycles. The minimum atomic E-state index is -3.51. The highest BCUT2D eigenvalue weighted by Crippen LogP contribution is 2.21. The molecule has 0 spiro atoms. The Morgan fingerprint density at radius 1 is 0.897 bits per heavy atom. The lowest BCUT2D eigenvalue weighted by molar-refractivity contribution is -0.117. The number of rotatable bonds is 5. The summed E-state index contributed by atoms with van der Waals surface area (Å²) in [5.74, 6) is -0.0811. The van der Waals surface area contributed by atoms with E-state index in [1.165, 1.54) is 4.31 Å². The van der Waals surface area contributed by atoms with E-state index in [2.05, 4.69) is 5.32 Å². The molecule has 2 aromatic carbocycles. The van der Waals surface area contributed by atoms with Gasteiger partial charge in [-0.15, -0.1) is 0 Å². The molecule has 2 aromatic rings. The molecule has 1 heterocycles. The number of carbonyl (C=O) groups is 1. The highest BCUT2D eigenvalue weighted by molar-refractivity contribution is 7.89. The van der Waals surface area contributed by atoms with Crippen molar-refractivity contribution in [2.45, 2.75) is 32.6 Å². The van der Waals surface area contributed by atoms with E-state index in [1.54, 1.807) is 12.1 Å². The summed E-state index contributed by atoms with van der Waals surface area (Å²) in [5, 5.41) is 2.95. The molecule has 0 atom stereocenters. The molecule has 0 unspecified atom stereocenters. The van der Waals surface area contributed by atoms with Crippen LogP contribution in [-0.4, -0.2) is 56.3 Å². The van der Waals surface area contributed by atoms with Crippen molar-refractivity contribution in [3.05, 3.63) is 58.7 Å². The summed E-state index contributed by atoms with van der Waals surface area (Å²) >= 11 is 0. The summed E-state index contributed by atoms with van der Waals surface area (Å²) in [6.07, 6.45) is 0. The average Bonchev–Trinajstić information content (AvgIpc) is 2.66. The van der Waals surface area contributed by atoms with Crippen molar-refractivity contribution in [3.8, 4) is 0 Å². The number of aryl methyl sites for hydroxylation is 4. The lowest BCUT2D eigenvalue weighted by atomic mass is 10.1. The van der Waals surface area contributed by atoms with Crippen molar-refractivity contribution >= 4 is 21.6 Å². The molecule has 0 aromatic heterocycles. The Kier molecular flexibility index (Phi) is 6.41. The van der Waals surface area contributed by atoms with Gasteiger partial charge in [0.25, 0.3) is 0 Å². The second kappa shape index (κ2) is 8.65. The van der Waals surface area contributed by atoms with Gasteiger partial charge in [0, 0.05) is 31.9 Å². The summed E-state index contributed by atoms with van der Waals surface area (Å²) in [5.41, 5.74) is 5.04. The van der Waals surface area contributed by atoms with E-state index < -0.39 is 10.0 Å². The van der Waals surface area contributed by atoms with E-state index in [0.29, 0.717) is 31.1 Å². The van der Waals surface area contributed by atoms with Crippen molar-refractivity contribution in [2.24, 2.45) is 0 Å². The molecule has 0 bridgehead atoms. The lowest BCUT2D eigenvalue weighted by Crippen LogP contribution is -2.50. The minimum Gasteiger partial charge on any atom is -0.325 e. The number of piperazine rings is 1. The van der Waals surface area contributed by atoms with Gasteiger partial charge in [0.15, 0.2) is 0 Å². The third-order valence-electron chi connectivity index (χ3n) is 5.47. The Morgan fingerprint density at radius 2 is 1.59 bits per heavy atom. The molecular formula is C22H29N3O3S. The van der Waals surface area contributed by atoms with E-state index in [-0.39, 0.29) is 12.5 Å². The summed E-state index contributed by atoms with van der Waals surface area (Å²) in [6.45, 7) is 9.95. The normalized spacial score (nSPS) is 16.0. The maximum Gasteiger partial charge on any atom is 0.243 e. The molecule has 0 aliphatic carbocycles. The molecule has 3 rings (SSSR count). The maximum atomic E-state index is 12.9. The number of nitrogens with zero attached hydrogens (tertiary/aromatic N) is 2. The van der Waals surface area contributed by atoms with Gasteiger partial charge < -0.3 is 5.32 Å².